The second-order valence-corrected chi connectivity index (χ2v) is 12.2. The van der Waals surface area contributed by atoms with Crippen LogP contribution >= 0.6 is 0 Å². The maximum atomic E-state index is 2.41. The van der Waals surface area contributed by atoms with Gasteiger partial charge in [0.05, 0.1) is 16.6 Å². The standard InChI is InChI=1S/C41H30N2/c1-41(2)36-17-8-6-15-31(36)32-20-19-28(26-37(32)41)27-11-10-14-30(25-27)42-24-23-35-38(42)22-21-34-33-16-7-9-18-39(33)43(40(34)35)29-12-4-3-5-13-29/h3-26H,1-2H3. The van der Waals surface area contributed by atoms with Gasteiger partial charge in [0.25, 0.3) is 0 Å². The minimum Gasteiger partial charge on any atom is -0.316 e. The molecule has 8 aromatic rings. The van der Waals surface area contributed by atoms with Crippen molar-refractivity contribution in [3.63, 3.8) is 0 Å². The normalized spacial score (nSPS) is 13.5. The summed E-state index contributed by atoms with van der Waals surface area (Å²) in [7, 11) is 0. The van der Waals surface area contributed by atoms with Crippen molar-refractivity contribution < 1.29 is 0 Å². The zero-order chi connectivity index (χ0) is 28.7. The Kier molecular flexibility index (Phi) is 4.99. The largest absolute Gasteiger partial charge is 0.316 e. The van der Waals surface area contributed by atoms with Gasteiger partial charge in [-0.1, -0.05) is 105 Å². The summed E-state index contributed by atoms with van der Waals surface area (Å²) in [5, 5.41) is 3.81. The lowest BCUT2D eigenvalue weighted by Crippen LogP contribution is -2.14. The van der Waals surface area contributed by atoms with E-state index in [1.54, 1.807) is 0 Å². The third-order valence-electron chi connectivity index (χ3n) is 9.56. The van der Waals surface area contributed by atoms with Gasteiger partial charge in [0.1, 0.15) is 0 Å². The van der Waals surface area contributed by atoms with Crippen molar-refractivity contribution in [1.82, 2.24) is 9.13 Å². The van der Waals surface area contributed by atoms with Crippen LogP contribution in [0.25, 0.3) is 66.3 Å². The van der Waals surface area contributed by atoms with Gasteiger partial charge in [0.2, 0.25) is 0 Å². The van der Waals surface area contributed by atoms with E-state index in [1.165, 1.54) is 71.8 Å². The highest BCUT2D eigenvalue weighted by Gasteiger charge is 2.35. The molecule has 2 nitrogen and oxygen atoms in total. The van der Waals surface area contributed by atoms with Gasteiger partial charge in [-0.15, -0.1) is 0 Å². The topological polar surface area (TPSA) is 9.86 Å². The van der Waals surface area contributed by atoms with Gasteiger partial charge in [-0.3, -0.25) is 0 Å². The molecule has 204 valence electrons. The van der Waals surface area contributed by atoms with Gasteiger partial charge >= 0.3 is 0 Å². The fraction of sp³-hybridized carbons (Fsp3) is 0.0732. The van der Waals surface area contributed by atoms with Crippen LogP contribution in [0.3, 0.4) is 0 Å². The Labute approximate surface area is 251 Å². The maximum absolute atomic E-state index is 2.41. The first-order chi connectivity index (χ1) is 21.1. The molecule has 1 aliphatic carbocycles. The number of hydrogen-bond acceptors (Lipinski definition) is 0. The van der Waals surface area contributed by atoms with E-state index in [2.05, 4.69) is 169 Å². The smallest absolute Gasteiger partial charge is 0.0635 e. The van der Waals surface area contributed by atoms with Crippen LogP contribution in [0.1, 0.15) is 25.0 Å². The molecule has 2 aromatic heterocycles. The quantitative estimate of drug-likeness (QED) is 0.207. The van der Waals surface area contributed by atoms with E-state index in [0.29, 0.717) is 0 Å². The van der Waals surface area contributed by atoms with Gasteiger partial charge in [-0.05, 0) is 81.9 Å². The predicted molar refractivity (Wildman–Crippen MR) is 181 cm³/mol. The van der Waals surface area contributed by atoms with E-state index in [9.17, 15) is 0 Å². The molecule has 9 rings (SSSR count). The van der Waals surface area contributed by atoms with Crippen molar-refractivity contribution >= 4 is 32.7 Å². The molecule has 0 fully saturated rings. The number of nitrogens with zero attached hydrogens (tertiary/aromatic N) is 2. The minimum atomic E-state index is -0.0151. The molecule has 1 aliphatic rings. The number of aromatic nitrogens is 2. The van der Waals surface area contributed by atoms with Crippen molar-refractivity contribution in [2.75, 3.05) is 0 Å². The Balaban J connectivity index is 1.20. The molecule has 43 heavy (non-hydrogen) atoms. The Hall–Kier alpha value is -5.34. The van der Waals surface area contributed by atoms with Crippen molar-refractivity contribution in [1.29, 1.82) is 0 Å². The molecule has 2 heterocycles. The number of fused-ring (bicyclic) bond motifs is 8. The fourth-order valence-corrected chi connectivity index (χ4v) is 7.47. The summed E-state index contributed by atoms with van der Waals surface area (Å²) >= 11 is 0. The summed E-state index contributed by atoms with van der Waals surface area (Å²) in [6.45, 7) is 4.69. The molecular weight excluding hydrogens is 520 g/mol. The van der Waals surface area contributed by atoms with Gasteiger partial charge in [0.15, 0.2) is 0 Å². The first-order valence-corrected chi connectivity index (χ1v) is 15.0. The molecule has 0 amide bonds. The summed E-state index contributed by atoms with van der Waals surface area (Å²) < 4.78 is 4.75. The van der Waals surface area contributed by atoms with Gasteiger partial charge in [-0.2, -0.15) is 0 Å². The molecule has 0 saturated heterocycles. The zero-order valence-corrected chi connectivity index (χ0v) is 24.3. The van der Waals surface area contributed by atoms with Crippen LogP contribution < -0.4 is 0 Å². The van der Waals surface area contributed by atoms with Crippen LogP contribution in [0.2, 0.25) is 0 Å². The summed E-state index contributed by atoms with van der Waals surface area (Å²) in [6.07, 6.45) is 2.22. The molecule has 0 bridgehead atoms. The number of hydrogen-bond donors (Lipinski definition) is 0. The van der Waals surface area contributed by atoms with Crippen LogP contribution in [0, 0.1) is 0 Å². The average Bonchev–Trinajstić information content (AvgIpc) is 3.70. The summed E-state index contributed by atoms with van der Waals surface area (Å²) in [4.78, 5) is 0. The molecule has 0 unspecified atom stereocenters. The molecule has 2 heteroatoms. The third-order valence-corrected chi connectivity index (χ3v) is 9.56. The number of rotatable bonds is 3. The molecule has 0 saturated carbocycles. The lowest BCUT2D eigenvalue weighted by Gasteiger charge is -2.22. The molecule has 6 aromatic carbocycles. The van der Waals surface area contributed by atoms with Crippen LogP contribution in [0.15, 0.2) is 146 Å². The lowest BCUT2D eigenvalue weighted by molar-refractivity contribution is 0.660. The van der Waals surface area contributed by atoms with E-state index in [1.807, 2.05) is 0 Å². The van der Waals surface area contributed by atoms with Crippen LogP contribution in [-0.2, 0) is 5.41 Å². The summed E-state index contributed by atoms with van der Waals surface area (Å²) in [6, 6.07) is 51.1. The Morgan fingerprint density at radius 2 is 1.21 bits per heavy atom. The second-order valence-electron chi connectivity index (χ2n) is 12.2. The van der Waals surface area contributed by atoms with Crippen LogP contribution in [0.4, 0.5) is 0 Å². The van der Waals surface area contributed by atoms with Crippen molar-refractivity contribution in [2.24, 2.45) is 0 Å². The van der Waals surface area contributed by atoms with Gasteiger partial charge in [0, 0.05) is 39.1 Å². The third kappa shape index (κ3) is 3.41. The van der Waals surface area contributed by atoms with E-state index >= 15 is 0 Å². The lowest BCUT2D eigenvalue weighted by atomic mass is 9.81. The van der Waals surface area contributed by atoms with Crippen molar-refractivity contribution in [3.8, 4) is 33.6 Å². The van der Waals surface area contributed by atoms with Crippen LogP contribution in [-0.4, -0.2) is 9.13 Å². The SMILES string of the molecule is CC1(C)c2ccccc2-c2ccc(-c3cccc(-n4ccc5c4ccc4c6ccccc6n(-c6ccccc6)c45)c3)cc21. The highest BCUT2D eigenvalue weighted by Crippen LogP contribution is 2.49. The second kappa shape index (κ2) is 8.83. The maximum Gasteiger partial charge on any atom is 0.0635 e. The number of para-hydroxylation sites is 2. The van der Waals surface area contributed by atoms with E-state index < -0.39 is 0 Å². The van der Waals surface area contributed by atoms with Crippen LogP contribution in [0.5, 0.6) is 0 Å². The first-order valence-electron chi connectivity index (χ1n) is 15.0. The molecule has 0 atom stereocenters. The summed E-state index contributed by atoms with van der Waals surface area (Å²) in [5.74, 6) is 0. The highest BCUT2D eigenvalue weighted by molar-refractivity contribution is 6.18. The molecular formula is C41H30N2. The van der Waals surface area contributed by atoms with Gasteiger partial charge in [-0.25, -0.2) is 0 Å². The molecule has 0 N–H and O–H groups in total. The van der Waals surface area contributed by atoms with Crippen molar-refractivity contribution in [3.05, 3.63) is 157 Å². The van der Waals surface area contributed by atoms with E-state index in [4.69, 9.17) is 0 Å². The predicted octanol–water partition coefficient (Wildman–Crippen LogP) is 10.7. The minimum absolute atomic E-state index is 0.0151. The fourth-order valence-electron chi connectivity index (χ4n) is 7.47. The Morgan fingerprint density at radius 1 is 0.465 bits per heavy atom. The van der Waals surface area contributed by atoms with E-state index in [0.717, 1.165) is 5.69 Å². The van der Waals surface area contributed by atoms with Gasteiger partial charge < -0.3 is 9.13 Å². The zero-order valence-electron chi connectivity index (χ0n) is 24.3. The summed E-state index contributed by atoms with van der Waals surface area (Å²) in [5.41, 5.74) is 14.0. The monoisotopic (exact) mass is 550 g/mol. The average molecular weight is 551 g/mol. The molecule has 0 spiro atoms. The van der Waals surface area contributed by atoms with Crippen molar-refractivity contribution in [2.45, 2.75) is 19.3 Å². The van der Waals surface area contributed by atoms with E-state index in [-0.39, 0.29) is 5.41 Å². The Morgan fingerprint density at radius 3 is 2.12 bits per heavy atom. The molecule has 0 radical (unpaired) electrons. The Bertz CT molecular complexity index is 2370. The highest BCUT2D eigenvalue weighted by atomic mass is 15.0. The number of benzene rings is 6. The first kappa shape index (κ1) is 24.3. The molecule has 0 aliphatic heterocycles.